The Morgan fingerprint density at radius 2 is 1.18 bits per heavy atom. The summed E-state index contributed by atoms with van der Waals surface area (Å²) in [5, 5.41) is 36.2. The molecule has 0 radical (unpaired) electrons. The lowest BCUT2D eigenvalue weighted by molar-refractivity contribution is -0.139. The number of carboxylic acid groups (broad SMARTS) is 2. The van der Waals surface area contributed by atoms with Crippen LogP contribution < -0.4 is 33.2 Å². The molecule has 0 aliphatic heterocycles. The Bertz CT molecular complexity index is 583. The van der Waals surface area contributed by atoms with Crippen LogP contribution in [0.4, 0.5) is 4.79 Å². The number of nitrogens with two attached hydrogens (primary N) is 2. The number of carbonyl (C=O) groups excluding carboxylic acids is 1. The number of carbonyl (C=O) groups is 3. The molecule has 15 heteroatoms. The van der Waals surface area contributed by atoms with Gasteiger partial charge in [-0.15, -0.1) is 0 Å². The van der Waals surface area contributed by atoms with Gasteiger partial charge in [0.25, 0.3) is 0 Å². The molecule has 0 aromatic carbocycles. The van der Waals surface area contributed by atoms with Crippen molar-refractivity contribution in [3.63, 3.8) is 0 Å². The molecule has 10 N–H and O–H groups in total. The van der Waals surface area contributed by atoms with E-state index in [0.717, 1.165) is 0 Å². The molecule has 28 heavy (non-hydrogen) atoms. The molecule has 2 atom stereocenters. The second-order valence-electron chi connectivity index (χ2n) is 5.17. The number of rotatable bonds is 12. The van der Waals surface area contributed by atoms with E-state index < -0.39 is 30.1 Å². The molecule has 0 aliphatic carbocycles. The topological polar surface area (TPSA) is 241 Å². The Kier molecular flexibility index (Phi) is 11.5. The van der Waals surface area contributed by atoms with Crippen LogP contribution in [0, 0.1) is 0 Å². The summed E-state index contributed by atoms with van der Waals surface area (Å²) in [6.07, 6.45) is -0.0761. The molecule has 0 saturated heterocycles. The van der Waals surface area contributed by atoms with Gasteiger partial charge in [0.2, 0.25) is 0 Å². The number of nitrogens with zero attached hydrogens (tertiary/aromatic N) is 4. The molecule has 0 rings (SSSR count). The molecule has 15 nitrogen and oxygen atoms in total. The van der Waals surface area contributed by atoms with Crippen LogP contribution in [0.2, 0.25) is 0 Å². The number of hydrogen-bond acceptors (Lipinski definition) is 9. The van der Waals surface area contributed by atoms with Crippen molar-refractivity contribution in [1.82, 2.24) is 21.5 Å². The van der Waals surface area contributed by atoms with Crippen LogP contribution >= 0.6 is 0 Å². The summed E-state index contributed by atoms with van der Waals surface area (Å²) in [6, 6.07) is -3.64. The molecular weight excluding hydrogens is 376 g/mol. The van der Waals surface area contributed by atoms with Crippen LogP contribution in [-0.4, -0.2) is 65.4 Å². The van der Waals surface area contributed by atoms with E-state index in [1.54, 1.807) is 0 Å². The molecular formula is C13H24N10O5. The summed E-state index contributed by atoms with van der Waals surface area (Å²) in [5.41, 5.74) is 4.74. The van der Waals surface area contributed by atoms with Gasteiger partial charge in [-0.2, -0.15) is 20.4 Å². The maximum Gasteiger partial charge on any atom is 0.326 e. The Labute approximate surface area is 160 Å². The van der Waals surface area contributed by atoms with Gasteiger partial charge in [0.05, 0.1) is 0 Å². The molecule has 0 aromatic rings. The fraction of sp³-hybridized carbons (Fsp3) is 0.462. The standard InChI is InChI=1S/C13H24N10O5/c1-16-22-9(20-14)5-3-7(11(24)25)18-13(28)19-8(12(26)27)4-6-10(21-15)23-17-2/h7-8H,1-6,14-15H2,(H,20,22)(H,21,23)(H,24,25)(H,26,27)(H2,18,19,28)/t7-,8-/m0/s1. The smallest absolute Gasteiger partial charge is 0.326 e. The van der Waals surface area contributed by atoms with Crippen LogP contribution in [0.3, 0.4) is 0 Å². The predicted octanol–water partition coefficient (Wildman–Crippen LogP) is -2.29. The molecule has 156 valence electrons. The summed E-state index contributed by atoms with van der Waals surface area (Å²) < 4.78 is 0. The lowest BCUT2D eigenvalue weighted by Crippen LogP contribution is -2.51. The van der Waals surface area contributed by atoms with Crippen molar-refractivity contribution in [2.45, 2.75) is 37.8 Å². The molecule has 0 aliphatic rings. The highest BCUT2D eigenvalue weighted by Crippen LogP contribution is 2.02. The van der Waals surface area contributed by atoms with Crippen molar-refractivity contribution in [3.8, 4) is 0 Å². The summed E-state index contributed by atoms with van der Waals surface area (Å²) >= 11 is 0. The van der Waals surface area contributed by atoms with Crippen molar-refractivity contribution in [3.05, 3.63) is 0 Å². The number of nitrogens with one attached hydrogen (secondary N) is 4. The maximum atomic E-state index is 12.0. The van der Waals surface area contributed by atoms with E-state index in [0.29, 0.717) is 0 Å². The minimum absolute atomic E-state index is 0.0473. The SMILES string of the molecule is C=NNC(CC[C@H](NC(=O)N[C@@H](CC/C(=N/N)NN=C)C(=O)O)C(=O)O)=NN. The highest BCUT2D eigenvalue weighted by atomic mass is 16.4. The van der Waals surface area contributed by atoms with Gasteiger partial charge in [-0.05, 0) is 12.8 Å². The molecule has 0 spiro atoms. The van der Waals surface area contributed by atoms with Gasteiger partial charge in [-0.25, -0.2) is 14.4 Å². The number of urea groups is 1. The number of amides is 2. The first kappa shape index (κ1) is 24.1. The molecule has 0 heterocycles. The Morgan fingerprint density at radius 3 is 1.43 bits per heavy atom. The fourth-order valence-corrected chi connectivity index (χ4v) is 1.92. The molecule has 0 unspecified atom stereocenters. The van der Waals surface area contributed by atoms with Crippen molar-refractivity contribution in [2.24, 2.45) is 32.1 Å². The largest absolute Gasteiger partial charge is 0.480 e. The van der Waals surface area contributed by atoms with Gasteiger partial charge in [0, 0.05) is 26.3 Å². The van der Waals surface area contributed by atoms with Crippen molar-refractivity contribution < 1.29 is 24.6 Å². The van der Waals surface area contributed by atoms with Gasteiger partial charge in [0.15, 0.2) is 0 Å². The second-order valence-corrected chi connectivity index (χ2v) is 5.17. The quantitative estimate of drug-likeness (QED) is 0.0759. The Hall–Kier alpha value is -3.91. The summed E-state index contributed by atoms with van der Waals surface area (Å²) in [5.74, 6) is 7.86. The van der Waals surface area contributed by atoms with Crippen LogP contribution in [-0.2, 0) is 9.59 Å². The zero-order valence-corrected chi connectivity index (χ0v) is 15.0. The number of hydrogen-bond donors (Lipinski definition) is 8. The molecule has 0 fully saturated rings. The summed E-state index contributed by atoms with van der Waals surface area (Å²) in [4.78, 5) is 34.6. The van der Waals surface area contributed by atoms with Crippen LogP contribution in [0.15, 0.2) is 20.4 Å². The highest BCUT2D eigenvalue weighted by molar-refractivity contribution is 5.88. The van der Waals surface area contributed by atoms with Gasteiger partial charge >= 0.3 is 18.0 Å². The van der Waals surface area contributed by atoms with Crippen molar-refractivity contribution in [2.75, 3.05) is 0 Å². The third kappa shape index (κ3) is 9.54. The van der Waals surface area contributed by atoms with E-state index >= 15 is 0 Å². The lowest BCUT2D eigenvalue weighted by Gasteiger charge is -2.19. The average molecular weight is 400 g/mol. The molecule has 2 amide bonds. The first-order chi connectivity index (χ1) is 13.3. The third-order valence-corrected chi connectivity index (χ3v) is 3.27. The van der Waals surface area contributed by atoms with Gasteiger partial charge in [-0.1, -0.05) is 0 Å². The lowest BCUT2D eigenvalue weighted by atomic mass is 10.1. The van der Waals surface area contributed by atoms with E-state index in [1.165, 1.54) is 0 Å². The van der Waals surface area contributed by atoms with Gasteiger partial charge < -0.3 is 32.5 Å². The Balaban J connectivity index is 4.82. The number of amidine groups is 2. The highest BCUT2D eigenvalue weighted by Gasteiger charge is 2.25. The normalized spacial score (nSPS) is 13.6. The Morgan fingerprint density at radius 1 is 0.821 bits per heavy atom. The van der Waals surface area contributed by atoms with E-state index in [9.17, 15) is 24.6 Å². The van der Waals surface area contributed by atoms with Gasteiger partial charge in [0.1, 0.15) is 23.8 Å². The van der Waals surface area contributed by atoms with Gasteiger partial charge in [-0.3, -0.25) is 10.9 Å². The van der Waals surface area contributed by atoms with Crippen molar-refractivity contribution in [1.29, 1.82) is 0 Å². The minimum Gasteiger partial charge on any atom is -0.480 e. The average Bonchev–Trinajstić information content (AvgIpc) is 2.65. The van der Waals surface area contributed by atoms with E-state index in [2.05, 4.69) is 55.3 Å². The zero-order chi connectivity index (χ0) is 21.5. The van der Waals surface area contributed by atoms with Crippen molar-refractivity contribution >= 4 is 43.1 Å². The predicted molar refractivity (Wildman–Crippen MR) is 102 cm³/mol. The van der Waals surface area contributed by atoms with E-state index in [-0.39, 0.29) is 37.4 Å². The van der Waals surface area contributed by atoms with Crippen LogP contribution in [0.1, 0.15) is 25.7 Å². The summed E-state index contributed by atoms with van der Waals surface area (Å²) in [6.45, 7) is 6.35. The minimum atomic E-state index is -1.33. The molecule has 0 saturated carbocycles. The molecule has 0 aromatic heterocycles. The van der Waals surface area contributed by atoms with E-state index in [4.69, 9.17) is 11.7 Å². The van der Waals surface area contributed by atoms with Crippen LogP contribution in [0.25, 0.3) is 0 Å². The first-order valence-electron chi connectivity index (χ1n) is 7.78. The number of hydrazone groups is 4. The second kappa shape index (κ2) is 13.3. The maximum absolute atomic E-state index is 12.0. The third-order valence-electron chi connectivity index (χ3n) is 3.27. The molecule has 0 bridgehead atoms. The number of aliphatic carboxylic acids is 2. The zero-order valence-electron chi connectivity index (χ0n) is 15.0. The monoisotopic (exact) mass is 400 g/mol. The first-order valence-corrected chi connectivity index (χ1v) is 7.78. The number of carboxylic acids is 2. The fourth-order valence-electron chi connectivity index (χ4n) is 1.92. The van der Waals surface area contributed by atoms with E-state index in [1.807, 2.05) is 0 Å². The van der Waals surface area contributed by atoms with Crippen LogP contribution in [0.5, 0.6) is 0 Å². The summed E-state index contributed by atoms with van der Waals surface area (Å²) in [7, 11) is 0.